The summed E-state index contributed by atoms with van der Waals surface area (Å²) in [5, 5.41) is 0. The molecule has 3 saturated carbocycles. The predicted molar refractivity (Wildman–Crippen MR) is 190 cm³/mol. The molecule has 9 atom stereocenters. The molecule has 0 aromatic heterocycles. The minimum atomic E-state index is -0.203. The third kappa shape index (κ3) is 17.6. The monoisotopic (exact) mass is 722 g/mol. The van der Waals surface area contributed by atoms with E-state index in [2.05, 4.69) is 26.7 Å². The lowest BCUT2D eigenvalue weighted by atomic mass is 9.88. The smallest absolute Gasteiger partial charge is 0.116 e. The average Bonchev–Trinajstić information content (AvgIpc) is 4.02. The van der Waals surface area contributed by atoms with Gasteiger partial charge in [0.1, 0.15) is 17.8 Å². The highest BCUT2D eigenvalue weighted by atomic mass is 16.6. The number of rotatable bonds is 22. The van der Waals surface area contributed by atoms with E-state index < -0.39 is 0 Å². The molecule has 3 saturated heterocycles. The Labute approximate surface area is 304 Å². The van der Waals surface area contributed by atoms with Crippen molar-refractivity contribution in [2.24, 2.45) is 23.2 Å². The summed E-state index contributed by atoms with van der Waals surface area (Å²) in [5.74, 6) is 5.64. The molecule has 6 fully saturated rings. The maximum Gasteiger partial charge on any atom is 0.116 e. The van der Waals surface area contributed by atoms with E-state index in [9.17, 15) is 0 Å². The van der Waals surface area contributed by atoms with Gasteiger partial charge in [0.2, 0.25) is 0 Å². The molecule has 3 aliphatic carbocycles. The number of ether oxygens (including phenoxy) is 9. The standard InChI is InChI=1S/C33H56O9.3C2H2O/c1-2-33(21-37-12-9-34-18-24-3-6-27-30(15-24)40-27,22-38-13-10-35-19-25-4-7-28-31(16-25)41-28)23-39-14-11-36-20-26-5-8-29-32(17-26)42-29;3*1-2-3/h24-32H,2-23H2,1H3;3*1H2. The van der Waals surface area contributed by atoms with Crippen LogP contribution in [0.4, 0.5) is 0 Å². The zero-order valence-corrected chi connectivity index (χ0v) is 30.8. The van der Waals surface area contributed by atoms with Crippen LogP contribution in [0.2, 0.25) is 0 Å². The third-order valence-electron chi connectivity index (χ3n) is 10.5. The molecule has 12 heteroatoms. The Hall–Kier alpha value is -2.01. The molecule has 0 amide bonds. The molecule has 6 rings (SSSR count). The van der Waals surface area contributed by atoms with E-state index in [1.54, 1.807) is 0 Å². The van der Waals surface area contributed by atoms with Crippen molar-refractivity contribution in [1.29, 1.82) is 0 Å². The van der Waals surface area contributed by atoms with Crippen LogP contribution in [0.3, 0.4) is 0 Å². The molecule has 3 aliphatic heterocycles. The molecule has 0 bridgehead atoms. The molecule has 3 heterocycles. The molecule has 0 N–H and O–H groups in total. The Morgan fingerprint density at radius 2 is 0.765 bits per heavy atom. The van der Waals surface area contributed by atoms with Gasteiger partial charge in [-0.1, -0.05) is 6.92 Å². The lowest BCUT2D eigenvalue weighted by Gasteiger charge is -2.32. The van der Waals surface area contributed by atoms with E-state index >= 15 is 0 Å². The minimum Gasteiger partial charge on any atom is -0.379 e. The Kier molecular flexibility index (Phi) is 21.3. The van der Waals surface area contributed by atoms with Gasteiger partial charge >= 0.3 is 0 Å². The third-order valence-corrected chi connectivity index (χ3v) is 10.5. The summed E-state index contributed by atoms with van der Waals surface area (Å²) >= 11 is 0. The summed E-state index contributed by atoms with van der Waals surface area (Å²) in [6.07, 6.45) is 14.7. The van der Waals surface area contributed by atoms with Gasteiger partial charge in [-0.2, -0.15) is 0 Å². The van der Waals surface area contributed by atoms with Gasteiger partial charge in [0.05, 0.1) is 96.1 Å². The SMILES string of the molecule is C=C=O.C=C=O.C=C=O.CCC(COCCOCC1CCC2OC2C1)(COCCOCC1CCC2OC2C1)COCCOCC1CCC2OC2C1. The molecule has 51 heavy (non-hydrogen) atoms. The van der Waals surface area contributed by atoms with Crippen LogP contribution >= 0.6 is 0 Å². The molecule has 0 aromatic rings. The summed E-state index contributed by atoms with van der Waals surface area (Å²) in [6, 6.07) is 0. The van der Waals surface area contributed by atoms with Gasteiger partial charge < -0.3 is 42.6 Å². The summed E-state index contributed by atoms with van der Waals surface area (Å²) in [7, 11) is 0. The summed E-state index contributed by atoms with van der Waals surface area (Å²) in [4.78, 5) is 25.7. The molecule has 6 aliphatic rings. The Morgan fingerprint density at radius 3 is 1.02 bits per heavy atom. The Bertz CT molecular complexity index is 924. The second-order valence-corrected chi connectivity index (χ2v) is 14.3. The molecule has 0 spiro atoms. The predicted octanol–water partition coefficient (Wildman–Crippen LogP) is 4.20. The molecule has 290 valence electrons. The molecular weight excluding hydrogens is 660 g/mol. The van der Waals surface area contributed by atoms with Crippen molar-refractivity contribution in [2.45, 2.75) is 108 Å². The Morgan fingerprint density at radius 1 is 0.490 bits per heavy atom. The molecule has 9 unspecified atom stereocenters. The largest absolute Gasteiger partial charge is 0.379 e. The van der Waals surface area contributed by atoms with E-state index in [4.69, 9.17) is 57.0 Å². The van der Waals surface area contributed by atoms with Gasteiger partial charge in [0.25, 0.3) is 0 Å². The van der Waals surface area contributed by atoms with Crippen LogP contribution in [0, 0.1) is 23.2 Å². The van der Waals surface area contributed by atoms with Crippen molar-refractivity contribution in [3.05, 3.63) is 19.7 Å². The zero-order valence-electron chi connectivity index (χ0n) is 30.8. The van der Waals surface area contributed by atoms with Crippen molar-refractivity contribution in [3.8, 4) is 0 Å². The van der Waals surface area contributed by atoms with Crippen LogP contribution in [0.5, 0.6) is 0 Å². The highest BCUT2D eigenvalue weighted by molar-refractivity contribution is 5.39. The van der Waals surface area contributed by atoms with E-state index in [0.29, 0.717) is 114 Å². The summed E-state index contributed by atoms with van der Waals surface area (Å²) in [5.41, 5.74) is -0.203. The van der Waals surface area contributed by atoms with Crippen LogP contribution in [0.1, 0.15) is 71.1 Å². The Balaban J connectivity index is 0.000000709. The normalized spacial score (nSPS) is 31.6. The first kappa shape index (κ1) is 43.4. The summed E-state index contributed by atoms with van der Waals surface area (Å²) in [6.45, 7) is 18.1. The van der Waals surface area contributed by atoms with Crippen LogP contribution in [0.25, 0.3) is 0 Å². The van der Waals surface area contributed by atoms with E-state index in [1.807, 2.05) is 0 Å². The second-order valence-electron chi connectivity index (χ2n) is 14.3. The van der Waals surface area contributed by atoms with E-state index in [0.717, 1.165) is 45.5 Å². The van der Waals surface area contributed by atoms with Gasteiger partial charge in [0, 0.05) is 25.2 Å². The van der Waals surface area contributed by atoms with Gasteiger partial charge in [-0.3, -0.25) is 0 Å². The van der Waals surface area contributed by atoms with Crippen LogP contribution in [-0.2, 0) is 57.0 Å². The van der Waals surface area contributed by atoms with E-state index in [1.165, 1.54) is 56.3 Å². The van der Waals surface area contributed by atoms with Crippen molar-refractivity contribution in [2.75, 3.05) is 79.3 Å². The number of epoxide rings is 3. The lowest BCUT2D eigenvalue weighted by molar-refractivity contribution is -0.0915. The fraction of sp³-hybridized carbons (Fsp3) is 0.846. The maximum atomic E-state index is 8.57. The number of hydrogen-bond donors (Lipinski definition) is 0. The lowest BCUT2D eigenvalue weighted by Crippen LogP contribution is -2.38. The molecular formula is C39H62O12. The topological polar surface area (TPSA) is 144 Å². The number of fused-ring (bicyclic) bond motifs is 3. The highest BCUT2D eigenvalue weighted by Gasteiger charge is 2.45. The quantitative estimate of drug-likeness (QED) is 0.0898. The van der Waals surface area contributed by atoms with Crippen LogP contribution in [0.15, 0.2) is 19.7 Å². The molecule has 0 aromatic carbocycles. The van der Waals surface area contributed by atoms with Crippen molar-refractivity contribution < 1.29 is 57.0 Å². The molecule has 0 radical (unpaired) electrons. The first-order valence-electron chi connectivity index (χ1n) is 18.8. The maximum absolute atomic E-state index is 8.57. The first-order chi connectivity index (χ1) is 24.9. The van der Waals surface area contributed by atoms with Crippen molar-refractivity contribution in [3.63, 3.8) is 0 Å². The summed E-state index contributed by atoms with van der Waals surface area (Å²) < 4.78 is 53.3. The zero-order chi connectivity index (χ0) is 36.7. The molecule has 12 nitrogen and oxygen atoms in total. The first-order valence-corrected chi connectivity index (χ1v) is 18.8. The van der Waals surface area contributed by atoms with E-state index in [-0.39, 0.29) is 5.41 Å². The van der Waals surface area contributed by atoms with Gasteiger partial charge in [-0.15, -0.1) is 0 Å². The number of hydrogen-bond acceptors (Lipinski definition) is 12. The fourth-order valence-electron chi connectivity index (χ4n) is 7.32. The van der Waals surface area contributed by atoms with Gasteiger partial charge in [0.15, 0.2) is 0 Å². The average molecular weight is 723 g/mol. The van der Waals surface area contributed by atoms with Gasteiger partial charge in [-0.05, 0) is 102 Å². The highest BCUT2D eigenvalue weighted by Crippen LogP contribution is 2.41. The minimum absolute atomic E-state index is 0.203. The fourth-order valence-corrected chi connectivity index (χ4v) is 7.32. The van der Waals surface area contributed by atoms with Crippen LogP contribution in [-0.4, -0.2) is 134 Å². The van der Waals surface area contributed by atoms with Crippen molar-refractivity contribution >= 4 is 17.8 Å². The van der Waals surface area contributed by atoms with Crippen molar-refractivity contribution in [1.82, 2.24) is 0 Å². The van der Waals surface area contributed by atoms with Gasteiger partial charge in [-0.25, -0.2) is 14.4 Å². The number of carbonyl (C=O) groups excluding carboxylic acids is 3. The second kappa shape index (κ2) is 25.1. The van der Waals surface area contributed by atoms with Crippen LogP contribution < -0.4 is 0 Å².